The molecule has 1 unspecified atom stereocenters. The Morgan fingerprint density at radius 3 is 2.62 bits per heavy atom. The second-order valence-electron chi connectivity index (χ2n) is 3.20. The van der Waals surface area contributed by atoms with Crippen molar-refractivity contribution in [2.75, 3.05) is 13.1 Å². The highest BCUT2D eigenvalue weighted by molar-refractivity contribution is 5.73. The topological polar surface area (TPSA) is 116 Å². The zero-order valence-corrected chi connectivity index (χ0v) is 8.62. The highest BCUT2D eigenvalue weighted by Crippen LogP contribution is 2.02. The van der Waals surface area contributed by atoms with E-state index in [4.69, 9.17) is 16.2 Å². The first-order valence-electron chi connectivity index (χ1n) is 4.62. The van der Waals surface area contributed by atoms with Crippen molar-refractivity contribution in [2.24, 2.45) is 5.73 Å². The van der Waals surface area contributed by atoms with Crippen LogP contribution in [0.2, 0.25) is 0 Å². The van der Waals surface area contributed by atoms with Gasteiger partial charge in [-0.1, -0.05) is 0 Å². The minimum Gasteiger partial charge on any atom is -0.480 e. The molecule has 0 heterocycles. The van der Waals surface area contributed by atoms with Gasteiger partial charge >= 0.3 is 5.97 Å². The predicted molar refractivity (Wildman–Crippen MR) is 55.8 cm³/mol. The molecule has 0 rings (SSSR count). The van der Waals surface area contributed by atoms with Gasteiger partial charge in [-0.05, 0) is 12.8 Å². The van der Waals surface area contributed by atoms with Crippen LogP contribution in [0.5, 0.6) is 0 Å². The number of halogens is 1. The van der Waals surface area contributed by atoms with Gasteiger partial charge in [0.2, 0.25) is 0 Å². The fourth-order valence-corrected chi connectivity index (χ4v) is 0.952. The van der Waals surface area contributed by atoms with Gasteiger partial charge in [0.1, 0.15) is 12.0 Å². The van der Waals surface area contributed by atoms with Crippen LogP contribution in [0, 0.1) is 5.41 Å². The van der Waals surface area contributed by atoms with Gasteiger partial charge in [-0.15, -0.1) is 0 Å². The predicted octanol–water partition coefficient (Wildman–Crippen LogP) is -0.527. The highest BCUT2D eigenvalue weighted by atomic mass is 19.1. The van der Waals surface area contributed by atoms with Crippen molar-refractivity contribution in [3.8, 4) is 0 Å². The Morgan fingerprint density at radius 2 is 2.19 bits per heavy atom. The number of rotatable bonds is 8. The van der Waals surface area contributed by atoms with Crippen LogP contribution in [-0.2, 0) is 9.59 Å². The monoisotopic (exact) mass is 231 g/mol. The van der Waals surface area contributed by atoms with Crippen molar-refractivity contribution in [3.63, 3.8) is 0 Å². The number of nitrogens with one attached hydrogen (secondary N) is 2. The number of nitrogens with two attached hydrogens (primary N) is 1. The summed E-state index contributed by atoms with van der Waals surface area (Å²) in [5, 5.41) is 17.5. The maximum absolute atomic E-state index is 12.0. The van der Waals surface area contributed by atoms with E-state index in [1.807, 2.05) is 0 Å². The third kappa shape index (κ3) is 6.83. The first-order chi connectivity index (χ1) is 7.47. The second kappa shape index (κ2) is 7.70. The van der Waals surface area contributed by atoms with Crippen LogP contribution < -0.4 is 11.1 Å². The Hall–Kier alpha value is -1.56. The number of carboxylic acid groups (broad SMARTS) is 1. The van der Waals surface area contributed by atoms with Gasteiger partial charge in [0, 0.05) is 12.1 Å². The zero-order valence-electron chi connectivity index (χ0n) is 8.62. The molecule has 0 aromatic heterocycles. The lowest BCUT2D eigenvalue weighted by Crippen LogP contribution is -2.30. The number of hydrogen-bond acceptors (Lipinski definition) is 5. The van der Waals surface area contributed by atoms with Gasteiger partial charge in [0.25, 0.3) is 0 Å². The average Bonchev–Trinajstić information content (AvgIpc) is 2.21. The van der Waals surface area contributed by atoms with Crippen molar-refractivity contribution < 1.29 is 19.1 Å². The number of hydrogen-bond donors (Lipinski definition) is 4. The maximum atomic E-state index is 12.0. The summed E-state index contributed by atoms with van der Waals surface area (Å²) in [5.41, 5.74) is 5.52. The van der Waals surface area contributed by atoms with Crippen LogP contribution in [0.15, 0.2) is 5.57 Å². The lowest BCUT2D eigenvalue weighted by Gasteiger charge is -2.07. The molecule has 0 amide bonds. The molecule has 0 aromatic carbocycles. The molecule has 16 heavy (non-hydrogen) atoms. The average molecular weight is 231 g/mol. The lowest BCUT2D eigenvalue weighted by molar-refractivity contribution is -0.138. The molecule has 0 saturated carbocycles. The zero-order chi connectivity index (χ0) is 12.6. The van der Waals surface area contributed by atoms with Gasteiger partial charge in [0.05, 0.1) is 6.54 Å². The Bertz CT molecular complexity index is 313. The summed E-state index contributed by atoms with van der Waals surface area (Å²) in [5.74, 6) is -0.537. The van der Waals surface area contributed by atoms with E-state index >= 15 is 0 Å². The van der Waals surface area contributed by atoms with Crippen molar-refractivity contribution in [1.82, 2.24) is 5.32 Å². The Morgan fingerprint density at radius 1 is 1.56 bits per heavy atom. The molecule has 0 spiro atoms. The first kappa shape index (κ1) is 14.4. The van der Waals surface area contributed by atoms with Crippen LogP contribution in [0.1, 0.15) is 12.8 Å². The quantitative estimate of drug-likeness (QED) is 0.331. The Kier molecular flexibility index (Phi) is 6.95. The van der Waals surface area contributed by atoms with Gasteiger partial charge in [0.15, 0.2) is 5.97 Å². The minimum absolute atomic E-state index is 0.0716. The SMILES string of the molecule is N=C(F)CNCC(=C=O)CCC(N)C(=O)O. The van der Waals surface area contributed by atoms with Crippen molar-refractivity contribution >= 4 is 17.9 Å². The number of carbonyl (C=O) groups is 1. The van der Waals surface area contributed by atoms with E-state index in [2.05, 4.69) is 5.32 Å². The molecule has 0 bridgehead atoms. The summed E-state index contributed by atoms with van der Waals surface area (Å²) in [4.78, 5) is 20.8. The number of aliphatic carboxylic acids is 1. The summed E-state index contributed by atoms with van der Waals surface area (Å²) in [6.07, 6.45) is 0.304. The van der Waals surface area contributed by atoms with E-state index in [1.54, 1.807) is 5.94 Å². The van der Waals surface area contributed by atoms with Crippen molar-refractivity contribution in [2.45, 2.75) is 18.9 Å². The molecular formula is C9H14FN3O3. The lowest BCUT2D eigenvalue weighted by atomic mass is 10.1. The van der Waals surface area contributed by atoms with Gasteiger partial charge in [-0.3, -0.25) is 10.2 Å². The third-order valence-electron chi connectivity index (χ3n) is 1.84. The Balaban J connectivity index is 3.90. The Labute approximate surface area is 91.8 Å². The highest BCUT2D eigenvalue weighted by Gasteiger charge is 2.12. The molecule has 5 N–H and O–H groups in total. The van der Waals surface area contributed by atoms with Crippen LogP contribution in [0.25, 0.3) is 0 Å². The summed E-state index contributed by atoms with van der Waals surface area (Å²) in [7, 11) is 0. The second-order valence-corrected chi connectivity index (χ2v) is 3.20. The van der Waals surface area contributed by atoms with Crippen molar-refractivity contribution in [3.05, 3.63) is 5.57 Å². The molecule has 0 aliphatic carbocycles. The molecule has 1 atom stereocenters. The molecule has 6 nitrogen and oxygen atoms in total. The van der Waals surface area contributed by atoms with Gasteiger partial charge in [-0.25, -0.2) is 4.79 Å². The minimum atomic E-state index is -1.14. The van der Waals surface area contributed by atoms with E-state index in [0.717, 1.165) is 0 Å². The van der Waals surface area contributed by atoms with E-state index in [-0.39, 0.29) is 31.5 Å². The normalized spacial score (nSPS) is 11.6. The van der Waals surface area contributed by atoms with Crippen molar-refractivity contribution in [1.29, 1.82) is 5.41 Å². The molecule has 0 saturated heterocycles. The summed E-state index contributed by atoms with van der Waals surface area (Å²) >= 11 is 0. The summed E-state index contributed by atoms with van der Waals surface area (Å²) in [6, 6.07) is -1.03. The molecule has 0 aromatic rings. The summed E-state index contributed by atoms with van der Waals surface area (Å²) in [6.45, 7) is -0.196. The van der Waals surface area contributed by atoms with Crippen LogP contribution in [0.4, 0.5) is 4.39 Å². The fraction of sp³-hybridized carbons (Fsp3) is 0.556. The molecule has 0 radical (unpaired) electrons. The first-order valence-corrected chi connectivity index (χ1v) is 4.62. The largest absolute Gasteiger partial charge is 0.480 e. The summed E-state index contributed by atoms with van der Waals surface area (Å²) < 4.78 is 12.0. The van der Waals surface area contributed by atoms with E-state index in [0.29, 0.717) is 0 Å². The van der Waals surface area contributed by atoms with E-state index in [9.17, 15) is 14.0 Å². The smallest absolute Gasteiger partial charge is 0.320 e. The van der Waals surface area contributed by atoms with Crippen LogP contribution in [0.3, 0.4) is 0 Å². The molecule has 7 heteroatoms. The van der Waals surface area contributed by atoms with Crippen LogP contribution >= 0.6 is 0 Å². The molecule has 0 aliphatic heterocycles. The van der Waals surface area contributed by atoms with E-state index < -0.39 is 18.0 Å². The number of carbonyl (C=O) groups excluding carboxylic acids is 1. The molecule has 90 valence electrons. The third-order valence-corrected chi connectivity index (χ3v) is 1.84. The van der Waals surface area contributed by atoms with E-state index in [1.165, 1.54) is 0 Å². The van der Waals surface area contributed by atoms with Gasteiger partial charge in [-0.2, -0.15) is 4.39 Å². The number of carboxylic acids is 1. The molecular weight excluding hydrogens is 217 g/mol. The maximum Gasteiger partial charge on any atom is 0.320 e. The fourth-order valence-electron chi connectivity index (χ4n) is 0.952. The molecule has 0 aliphatic rings. The van der Waals surface area contributed by atoms with Gasteiger partial charge < -0.3 is 16.2 Å². The molecule has 0 fully saturated rings. The standard InChI is InChI=1S/C9H14FN3O3/c10-8(12)4-13-3-6(5-14)1-2-7(11)9(15)16/h7,12-13H,1-4,11H2,(H,15,16). The van der Waals surface area contributed by atoms with Crippen LogP contribution in [-0.4, -0.2) is 42.1 Å².